The third-order valence-electron chi connectivity index (χ3n) is 3.91. The Labute approximate surface area is 132 Å². The van der Waals surface area contributed by atoms with Crippen molar-refractivity contribution in [2.75, 3.05) is 23.7 Å². The molecular weight excluding hydrogens is 300 g/mol. The summed E-state index contributed by atoms with van der Waals surface area (Å²) in [7, 11) is -3.24. The maximum atomic E-state index is 12.1. The summed E-state index contributed by atoms with van der Waals surface area (Å²) in [5.74, 6) is -0.0860. The largest absolute Gasteiger partial charge is 0.352 e. The van der Waals surface area contributed by atoms with E-state index in [9.17, 15) is 13.2 Å². The van der Waals surface area contributed by atoms with Gasteiger partial charge in [-0.15, -0.1) is 0 Å². The smallest absolute Gasteiger partial charge is 0.251 e. The van der Waals surface area contributed by atoms with Crippen molar-refractivity contribution in [2.24, 2.45) is 0 Å². The van der Waals surface area contributed by atoms with Crippen LogP contribution in [0.2, 0.25) is 0 Å². The molecule has 1 N–H and O–H groups in total. The van der Waals surface area contributed by atoms with Crippen molar-refractivity contribution in [3.63, 3.8) is 0 Å². The van der Waals surface area contributed by atoms with Gasteiger partial charge >= 0.3 is 0 Å². The first-order chi connectivity index (χ1) is 10.4. The lowest BCUT2D eigenvalue weighted by Gasteiger charge is -2.16. The molecule has 0 saturated carbocycles. The minimum atomic E-state index is -3.24. The van der Waals surface area contributed by atoms with Crippen molar-refractivity contribution < 1.29 is 13.2 Å². The van der Waals surface area contributed by atoms with Crippen molar-refractivity contribution in [1.82, 2.24) is 5.32 Å². The number of anilines is 1. The van der Waals surface area contributed by atoms with E-state index in [0.717, 1.165) is 18.4 Å². The van der Waals surface area contributed by atoms with Gasteiger partial charge in [0.2, 0.25) is 10.0 Å². The molecule has 0 bridgehead atoms. The summed E-state index contributed by atoms with van der Waals surface area (Å²) in [6.07, 6.45) is 6.35. The number of fused-ring (bicyclic) bond motifs is 1. The quantitative estimate of drug-likeness (QED) is 0.783. The Bertz CT molecular complexity index is 641. The van der Waals surface area contributed by atoms with Crippen LogP contribution >= 0.6 is 0 Å². The van der Waals surface area contributed by atoms with Crippen LogP contribution in [0, 0.1) is 0 Å². The second kappa shape index (κ2) is 7.13. The molecule has 0 saturated heterocycles. The van der Waals surface area contributed by atoms with E-state index >= 15 is 0 Å². The van der Waals surface area contributed by atoms with Crippen LogP contribution in [0.25, 0.3) is 0 Å². The summed E-state index contributed by atoms with van der Waals surface area (Å²) in [4.78, 5) is 12.1. The topological polar surface area (TPSA) is 66.5 Å². The molecule has 0 unspecified atom stereocenters. The second-order valence-corrected chi connectivity index (χ2v) is 7.65. The monoisotopic (exact) mass is 324 g/mol. The van der Waals surface area contributed by atoms with Gasteiger partial charge in [-0.3, -0.25) is 9.10 Å². The molecule has 1 aromatic carbocycles. The van der Waals surface area contributed by atoms with E-state index in [1.165, 1.54) is 23.4 Å². The van der Waals surface area contributed by atoms with Gasteiger partial charge in [0, 0.05) is 18.7 Å². The van der Waals surface area contributed by atoms with E-state index < -0.39 is 10.0 Å². The van der Waals surface area contributed by atoms with Crippen LogP contribution in [0.4, 0.5) is 5.69 Å². The van der Waals surface area contributed by atoms with Crippen molar-refractivity contribution >= 4 is 21.6 Å². The number of unbranched alkanes of at least 4 members (excludes halogenated alkanes) is 3. The minimum absolute atomic E-state index is 0.0860. The van der Waals surface area contributed by atoms with E-state index in [1.54, 1.807) is 12.1 Å². The van der Waals surface area contributed by atoms with Crippen LogP contribution < -0.4 is 9.62 Å². The summed E-state index contributed by atoms with van der Waals surface area (Å²) in [5, 5.41) is 2.92. The molecule has 2 rings (SSSR count). The van der Waals surface area contributed by atoms with Gasteiger partial charge in [-0.05, 0) is 36.6 Å². The predicted molar refractivity (Wildman–Crippen MR) is 88.8 cm³/mol. The fourth-order valence-electron chi connectivity index (χ4n) is 2.71. The molecule has 1 aromatic rings. The third-order valence-corrected chi connectivity index (χ3v) is 5.09. The van der Waals surface area contributed by atoms with Gasteiger partial charge in [-0.25, -0.2) is 8.42 Å². The van der Waals surface area contributed by atoms with Gasteiger partial charge in [-0.2, -0.15) is 0 Å². The lowest BCUT2D eigenvalue weighted by molar-refractivity contribution is 0.0953. The van der Waals surface area contributed by atoms with E-state index in [-0.39, 0.29) is 5.91 Å². The highest BCUT2D eigenvalue weighted by Crippen LogP contribution is 2.30. The number of hydrogen-bond donors (Lipinski definition) is 1. The van der Waals surface area contributed by atoms with Gasteiger partial charge in [-0.1, -0.05) is 26.2 Å². The maximum Gasteiger partial charge on any atom is 0.251 e. The lowest BCUT2D eigenvalue weighted by Crippen LogP contribution is -2.27. The molecule has 0 fully saturated rings. The van der Waals surface area contributed by atoms with Gasteiger partial charge in [0.15, 0.2) is 0 Å². The zero-order valence-electron chi connectivity index (χ0n) is 13.3. The van der Waals surface area contributed by atoms with Crippen molar-refractivity contribution in [3.05, 3.63) is 29.3 Å². The van der Waals surface area contributed by atoms with Gasteiger partial charge < -0.3 is 5.32 Å². The number of rotatable bonds is 7. The molecule has 1 aliphatic rings. The molecule has 0 aromatic heterocycles. The molecule has 1 amide bonds. The molecule has 1 heterocycles. The van der Waals surface area contributed by atoms with Gasteiger partial charge in [0.25, 0.3) is 5.91 Å². The SMILES string of the molecule is CCCCCCNC(=O)c1ccc2c(c1)CCN2S(C)(=O)=O. The number of benzene rings is 1. The summed E-state index contributed by atoms with van der Waals surface area (Å²) < 4.78 is 24.8. The number of nitrogens with one attached hydrogen (secondary N) is 1. The van der Waals surface area contributed by atoms with Crippen molar-refractivity contribution in [1.29, 1.82) is 0 Å². The number of sulfonamides is 1. The average Bonchev–Trinajstić information content (AvgIpc) is 2.89. The normalized spacial score (nSPS) is 14.0. The van der Waals surface area contributed by atoms with E-state index in [2.05, 4.69) is 12.2 Å². The molecule has 5 nitrogen and oxygen atoms in total. The Balaban J connectivity index is 1.99. The zero-order chi connectivity index (χ0) is 16.2. The Morgan fingerprint density at radius 2 is 2.05 bits per heavy atom. The van der Waals surface area contributed by atoms with E-state index in [0.29, 0.717) is 30.8 Å². The van der Waals surface area contributed by atoms with Crippen LogP contribution in [0.1, 0.15) is 48.5 Å². The summed E-state index contributed by atoms with van der Waals surface area (Å²) in [6, 6.07) is 5.24. The van der Waals surface area contributed by atoms with Crippen molar-refractivity contribution in [2.45, 2.75) is 39.0 Å². The molecular formula is C16H24N2O3S. The standard InChI is InChI=1S/C16H24N2O3S/c1-3-4-5-6-10-17-16(19)14-7-8-15-13(12-14)9-11-18(15)22(2,20)21/h7-8,12H,3-6,9-11H2,1-2H3,(H,17,19). The zero-order valence-corrected chi connectivity index (χ0v) is 14.1. The highest BCUT2D eigenvalue weighted by Gasteiger charge is 2.26. The number of amides is 1. The van der Waals surface area contributed by atoms with Crippen LogP contribution in [-0.4, -0.2) is 33.7 Å². The Kier molecular flexibility index (Phi) is 5.45. The number of carbonyl (C=O) groups is 1. The van der Waals surface area contributed by atoms with E-state index in [1.807, 2.05) is 6.07 Å². The first kappa shape index (κ1) is 16.8. The molecule has 0 radical (unpaired) electrons. The van der Waals surface area contributed by atoms with E-state index in [4.69, 9.17) is 0 Å². The first-order valence-electron chi connectivity index (χ1n) is 7.82. The molecule has 22 heavy (non-hydrogen) atoms. The molecule has 0 spiro atoms. The molecule has 0 aliphatic carbocycles. The predicted octanol–water partition coefficient (Wildman–Crippen LogP) is 2.32. The Hall–Kier alpha value is -1.56. The highest BCUT2D eigenvalue weighted by molar-refractivity contribution is 7.92. The molecule has 122 valence electrons. The number of nitrogens with zero attached hydrogens (tertiary/aromatic N) is 1. The Morgan fingerprint density at radius 3 is 2.73 bits per heavy atom. The number of hydrogen-bond acceptors (Lipinski definition) is 3. The number of carbonyl (C=O) groups excluding carboxylic acids is 1. The average molecular weight is 324 g/mol. The first-order valence-corrected chi connectivity index (χ1v) is 9.67. The highest BCUT2D eigenvalue weighted by atomic mass is 32.2. The van der Waals surface area contributed by atoms with Gasteiger partial charge in [0.1, 0.15) is 0 Å². The van der Waals surface area contributed by atoms with Crippen LogP contribution in [0.3, 0.4) is 0 Å². The van der Waals surface area contributed by atoms with Crippen LogP contribution in [0.15, 0.2) is 18.2 Å². The second-order valence-electron chi connectivity index (χ2n) is 5.75. The van der Waals surface area contributed by atoms with Crippen LogP contribution in [0.5, 0.6) is 0 Å². The fraction of sp³-hybridized carbons (Fsp3) is 0.562. The minimum Gasteiger partial charge on any atom is -0.352 e. The summed E-state index contributed by atoms with van der Waals surface area (Å²) in [5.41, 5.74) is 2.22. The van der Waals surface area contributed by atoms with Crippen molar-refractivity contribution in [3.8, 4) is 0 Å². The van der Waals surface area contributed by atoms with Crippen LogP contribution in [-0.2, 0) is 16.4 Å². The third kappa shape index (κ3) is 4.00. The fourth-order valence-corrected chi connectivity index (χ4v) is 3.67. The Morgan fingerprint density at radius 1 is 1.27 bits per heavy atom. The molecule has 1 aliphatic heterocycles. The van der Waals surface area contributed by atoms with Gasteiger partial charge in [0.05, 0.1) is 11.9 Å². The maximum absolute atomic E-state index is 12.1. The lowest BCUT2D eigenvalue weighted by atomic mass is 10.1. The summed E-state index contributed by atoms with van der Waals surface area (Å²) >= 11 is 0. The molecule has 6 heteroatoms. The summed E-state index contributed by atoms with van der Waals surface area (Å²) in [6.45, 7) is 3.30. The molecule has 0 atom stereocenters.